The third kappa shape index (κ3) is 5.81. The number of aromatic nitrogens is 1. The van der Waals surface area contributed by atoms with Crippen LogP contribution in [-0.4, -0.2) is 36.2 Å². The number of benzene rings is 1. The number of rotatable bonds is 8. The summed E-state index contributed by atoms with van der Waals surface area (Å²) in [5, 5.41) is 12.4. The molecule has 164 valence electrons. The van der Waals surface area contributed by atoms with E-state index in [2.05, 4.69) is 16.4 Å². The van der Waals surface area contributed by atoms with Crippen LogP contribution < -0.4 is 16.6 Å². The molecule has 0 radical (unpaired) electrons. The number of nitrogens with two attached hydrogens (primary N) is 1. The standard InChI is InChI=1S/C24H30N4O3/c1-31-14-11-21-20(9-10-22(29)28-21)18-7-5-17(6-8-18)15-19(16-25)27-23(30)24(26)12-3-2-4-13-24/h5-10,19H,2-4,11-15,26H2,1H3,(H,27,30)(H,28,29). The number of hydrogen-bond donors (Lipinski definition) is 3. The zero-order chi connectivity index (χ0) is 22.3. The lowest BCUT2D eigenvalue weighted by Gasteiger charge is -2.32. The van der Waals surface area contributed by atoms with Crippen molar-refractivity contribution in [1.29, 1.82) is 5.26 Å². The molecule has 1 aliphatic carbocycles. The maximum Gasteiger partial charge on any atom is 0.248 e. The number of aromatic amines is 1. The number of nitriles is 1. The van der Waals surface area contributed by atoms with Gasteiger partial charge in [-0.1, -0.05) is 43.5 Å². The second-order valence-corrected chi connectivity index (χ2v) is 8.23. The lowest BCUT2D eigenvalue weighted by molar-refractivity contribution is -0.127. The van der Waals surface area contributed by atoms with Crippen LogP contribution in [0.15, 0.2) is 41.2 Å². The maximum absolute atomic E-state index is 12.6. The van der Waals surface area contributed by atoms with E-state index >= 15 is 0 Å². The molecule has 7 heteroatoms. The molecule has 1 aromatic carbocycles. The van der Waals surface area contributed by atoms with Crippen molar-refractivity contribution in [1.82, 2.24) is 10.3 Å². The quantitative estimate of drug-likeness (QED) is 0.603. The van der Waals surface area contributed by atoms with E-state index in [1.54, 1.807) is 7.11 Å². The van der Waals surface area contributed by atoms with Gasteiger partial charge in [-0.25, -0.2) is 0 Å². The van der Waals surface area contributed by atoms with Crippen molar-refractivity contribution < 1.29 is 9.53 Å². The minimum Gasteiger partial charge on any atom is -0.384 e. The Morgan fingerprint density at radius 3 is 2.58 bits per heavy atom. The number of carbonyl (C=O) groups excluding carboxylic acids is 1. The molecule has 0 spiro atoms. The van der Waals surface area contributed by atoms with Crippen LogP contribution in [0.3, 0.4) is 0 Å². The number of nitrogens with one attached hydrogen (secondary N) is 2. The first-order chi connectivity index (χ1) is 14.9. The summed E-state index contributed by atoms with van der Waals surface area (Å²) in [5.41, 5.74) is 8.95. The molecule has 7 nitrogen and oxygen atoms in total. The van der Waals surface area contributed by atoms with E-state index in [0.29, 0.717) is 32.3 Å². The molecule has 0 bridgehead atoms. The van der Waals surface area contributed by atoms with Gasteiger partial charge >= 0.3 is 0 Å². The molecule has 1 saturated carbocycles. The Morgan fingerprint density at radius 2 is 1.94 bits per heavy atom. The summed E-state index contributed by atoms with van der Waals surface area (Å²) in [6, 6.07) is 12.7. The third-order valence-corrected chi connectivity index (χ3v) is 5.92. The van der Waals surface area contributed by atoms with E-state index in [1.165, 1.54) is 6.07 Å². The summed E-state index contributed by atoms with van der Waals surface area (Å²) in [5.74, 6) is -0.230. The molecule has 0 aliphatic heterocycles. The first-order valence-corrected chi connectivity index (χ1v) is 10.7. The van der Waals surface area contributed by atoms with E-state index in [9.17, 15) is 14.9 Å². The monoisotopic (exact) mass is 422 g/mol. The van der Waals surface area contributed by atoms with Crippen LogP contribution in [0.1, 0.15) is 43.4 Å². The topological polar surface area (TPSA) is 121 Å². The predicted octanol–water partition coefficient (Wildman–Crippen LogP) is 2.44. The number of pyridine rings is 1. The van der Waals surface area contributed by atoms with Gasteiger partial charge in [0.05, 0.1) is 18.2 Å². The van der Waals surface area contributed by atoms with Crippen LogP contribution in [0.25, 0.3) is 11.1 Å². The fourth-order valence-corrected chi connectivity index (χ4v) is 4.09. The van der Waals surface area contributed by atoms with Crippen LogP contribution in [0.2, 0.25) is 0 Å². The Labute approximate surface area is 182 Å². The molecule has 1 aliphatic rings. The number of nitrogens with zero attached hydrogens (tertiary/aromatic N) is 1. The average molecular weight is 423 g/mol. The van der Waals surface area contributed by atoms with E-state index in [0.717, 1.165) is 41.6 Å². The molecule has 2 aromatic rings. The lowest BCUT2D eigenvalue weighted by Crippen LogP contribution is -2.57. The second kappa shape index (κ2) is 10.4. The van der Waals surface area contributed by atoms with Gasteiger partial charge in [0.1, 0.15) is 6.04 Å². The number of carbonyl (C=O) groups is 1. The molecule has 1 atom stereocenters. The smallest absolute Gasteiger partial charge is 0.248 e. The van der Waals surface area contributed by atoms with Gasteiger partial charge in [0.2, 0.25) is 11.5 Å². The van der Waals surface area contributed by atoms with Gasteiger partial charge in [-0.05, 0) is 30.0 Å². The van der Waals surface area contributed by atoms with Gasteiger partial charge in [-0.15, -0.1) is 0 Å². The van der Waals surface area contributed by atoms with Crippen molar-refractivity contribution in [3.8, 4) is 17.2 Å². The molecule has 3 rings (SSSR count). The first kappa shape index (κ1) is 22.7. The Morgan fingerprint density at radius 1 is 1.23 bits per heavy atom. The van der Waals surface area contributed by atoms with Crippen molar-refractivity contribution in [2.24, 2.45) is 5.73 Å². The van der Waals surface area contributed by atoms with Crippen molar-refractivity contribution in [3.63, 3.8) is 0 Å². The van der Waals surface area contributed by atoms with E-state index in [-0.39, 0.29) is 11.5 Å². The van der Waals surface area contributed by atoms with Crippen LogP contribution in [0.5, 0.6) is 0 Å². The minimum absolute atomic E-state index is 0.144. The highest BCUT2D eigenvalue weighted by molar-refractivity contribution is 5.86. The fourth-order valence-electron chi connectivity index (χ4n) is 4.09. The predicted molar refractivity (Wildman–Crippen MR) is 119 cm³/mol. The van der Waals surface area contributed by atoms with Crippen LogP contribution in [-0.2, 0) is 22.4 Å². The Hall–Kier alpha value is -2.95. The van der Waals surface area contributed by atoms with Crippen molar-refractivity contribution in [2.75, 3.05) is 13.7 Å². The number of amides is 1. The summed E-state index contributed by atoms with van der Waals surface area (Å²) in [7, 11) is 1.63. The summed E-state index contributed by atoms with van der Waals surface area (Å²) in [4.78, 5) is 27.2. The normalized spacial score (nSPS) is 16.3. The Kier molecular flexibility index (Phi) is 7.61. The molecule has 1 amide bonds. The van der Waals surface area contributed by atoms with E-state index in [1.807, 2.05) is 30.3 Å². The Bertz CT molecular complexity index is 985. The summed E-state index contributed by atoms with van der Waals surface area (Å²) in [6.07, 6.45) is 5.32. The minimum atomic E-state index is -0.861. The molecular formula is C24H30N4O3. The maximum atomic E-state index is 12.6. The SMILES string of the molecule is COCCc1[nH]c(=O)ccc1-c1ccc(CC(C#N)NC(=O)C2(N)CCCCC2)cc1. The van der Waals surface area contributed by atoms with Gasteiger partial charge < -0.3 is 20.8 Å². The number of H-pyrrole nitrogens is 1. The van der Waals surface area contributed by atoms with Crippen molar-refractivity contribution >= 4 is 5.91 Å². The van der Waals surface area contributed by atoms with Crippen molar-refractivity contribution in [3.05, 3.63) is 58.0 Å². The van der Waals surface area contributed by atoms with Gasteiger partial charge in [0.25, 0.3) is 0 Å². The largest absolute Gasteiger partial charge is 0.384 e. The summed E-state index contributed by atoms with van der Waals surface area (Å²) in [6.45, 7) is 0.511. The molecule has 31 heavy (non-hydrogen) atoms. The molecular weight excluding hydrogens is 392 g/mol. The van der Waals surface area contributed by atoms with Gasteiger partial charge in [0.15, 0.2) is 0 Å². The highest BCUT2D eigenvalue weighted by Gasteiger charge is 2.36. The molecule has 1 aromatic heterocycles. The van der Waals surface area contributed by atoms with Gasteiger partial charge in [-0.3, -0.25) is 9.59 Å². The second-order valence-electron chi connectivity index (χ2n) is 8.23. The van der Waals surface area contributed by atoms with Crippen molar-refractivity contribution in [2.45, 2.75) is 56.5 Å². The van der Waals surface area contributed by atoms with Gasteiger partial charge in [-0.2, -0.15) is 5.26 Å². The molecule has 0 saturated heterocycles. The zero-order valence-corrected chi connectivity index (χ0v) is 17.9. The van der Waals surface area contributed by atoms with E-state index < -0.39 is 11.6 Å². The lowest BCUT2D eigenvalue weighted by atomic mass is 9.81. The highest BCUT2D eigenvalue weighted by atomic mass is 16.5. The molecule has 1 unspecified atom stereocenters. The van der Waals surface area contributed by atoms with Crippen LogP contribution in [0, 0.1) is 11.3 Å². The Balaban J connectivity index is 1.69. The van der Waals surface area contributed by atoms with Crippen LogP contribution >= 0.6 is 0 Å². The first-order valence-electron chi connectivity index (χ1n) is 10.7. The molecule has 4 N–H and O–H groups in total. The number of methoxy groups -OCH3 is 1. The summed E-state index contributed by atoms with van der Waals surface area (Å²) < 4.78 is 5.14. The van der Waals surface area contributed by atoms with Gasteiger partial charge in [0, 0.05) is 37.3 Å². The third-order valence-electron chi connectivity index (χ3n) is 5.92. The average Bonchev–Trinajstić information content (AvgIpc) is 2.78. The van der Waals surface area contributed by atoms with Crippen LogP contribution in [0.4, 0.5) is 0 Å². The molecule has 1 fully saturated rings. The summed E-state index contributed by atoms with van der Waals surface area (Å²) >= 11 is 0. The highest BCUT2D eigenvalue weighted by Crippen LogP contribution is 2.26. The number of hydrogen-bond acceptors (Lipinski definition) is 5. The number of ether oxygens (including phenoxy) is 1. The van der Waals surface area contributed by atoms with E-state index in [4.69, 9.17) is 10.5 Å². The molecule has 1 heterocycles. The zero-order valence-electron chi connectivity index (χ0n) is 17.9. The fraction of sp³-hybridized carbons (Fsp3) is 0.458.